The summed E-state index contributed by atoms with van der Waals surface area (Å²) in [4.78, 5) is 26.1. The van der Waals surface area contributed by atoms with Crippen molar-refractivity contribution in [3.05, 3.63) is 51.2 Å². The highest BCUT2D eigenvalue weighted by Gasteiger charge is 2.57. The summed E-state index contributed by atoms with van der Waals surface area (Å²) in [6.07, 6.45) is 3.55. The molecule has 2 aliphatic carbocycles. The van der Waals surface area contributed by atoms with Crippen LogP contribution in [0.3, 0.4) is 0 Å². The molecule has 1 aromatic heterocycles. The number of hydrogen-bond donors (Lipinski definition) is 0. The van der Waals surface area contributed by atoms with Crippen molar-refractivity contribution in [2.24, 2.45) is 5.41 Å². The van der Waals surface area contributed by atoms with E-state index in [-0.39, 0.29) is 41.1 Å². The molecule has 0 spiro atoms. The molecule has 1 heterocycles. The van der Waals surface area contributed by atoms with Gasteiger partial charge in [0.25, 0.3) is 5.56 Å². The minimum atomic E-state index is -0.452. The van der Waals surface area contributed by atoms with Crippen LogP contribution in [-0.4, -0.2) is 21.9 Å². The van der Waals surface area contributed by atoms with Crippen molar-refractivity contribution in [1.82, 2.24) is 9.36 Å². The zero-order chi connectivity index (χ0) is 21.8. The molecule has 0 aliphatic heterocycles. The number of aromatic nitrogens is 2. The van der Waals surface area contributed by atoms with Crippen LogP contribution in [0.2, 0.25) is 0 Å². The molecule has 30 heavy (non-hydrogen) atoms. The topological polar surface area (TPSA) is 53.2 Å². The third-order valence-electron chi connectivity index (χ3n) is 7.61. The van der Waals surface area contributed by atoms with Crippen LogP contribution < -0.4 is 5.56 Å². The lowest BCUT2D eigenvalue weighted by atomic mass is 9.59. The van der Waals surface area contributed by atoms with Crippen LogP contribution in [0.1, 0.15) is 76.6 Å². The van der Waals surface area contributed by atoms with E-state index in [1.165, 1.54) is 10.7 Å². The van der Waals surface area contributed by atoms with Crippen molar-refractivity contribution in [3.63, 3.8) is 0 Å². The molecule has 0 amide bonds. The normalized spacial score (nSPS) is 24.0. The summed E-state index contributed by atoms with van der Waals surface area (Å²) >= 11 is 0. The standard InChI is InChI=1S/C24H31FN2O3/c1-6-15-8-9-18(17(25)12-15)27-22(29)20-16-10-11-23(3,4)24(5,13-16)21(20)26(27)14-19(28)30-7-2/h8-9,12,16H,6-7,10-11,13-14H2,1-5H3/t16?,24-/m0/s1. The first-order valence-electron chi connectivity index (χ1n) is 10.9. The quantitative estimate of drug-likeness (QED) is 0.679. The summed E-state index contributed by atoms with van der Waals surface area (Å²) in [5.41, 5.74) is 2.19. The molecule has 0 N–H and O–H groups in total. The maximum Gasteiger partial charge on any atom is 0.327 e. The Bertz CT molecular complexity index is 1070. The smallest absolute Gasteiger partial charge is 0.327 e. The Morgan fingerprint density at radius 1 is 1.27 bits per heavy atom. The first kappa shape index (κ1) is 20.9. The highest BCUT2D eigenvalue weighted by molar-refractivity contribution is 5.69. The molecule has 162 valence electrons. The van der Waals surface area contributed by atoms with Crippen molar-refractivity contribution < 1.29 is 13.9 Å². The van der Waals surface area contributed by atoms with E-state index in [4.69, 9.17) is 4.74 Å². The molecule has 2 aliphatic rings. The van der Waals surface area contributed by atoms with E-state index < -0.39 is 11.8 Å². The molecule has 0 radical (unpaired) electrons. The fraction of sp³-hybridized carbons (Fsp3) is 0.583. The summed E-state index contributed by atoms with van der Waals surface area (Å²) in [6.45, 7) is 10.5. The molecule has 1 saturated carbocycles. The first-order chi connectivity index (χ1) is 14.1. The van der Waals surface area contributed by atoms with Crippen LogP contribution in [0.25, 0.3) is 5.69 Å². The number of esters is 1. The number of aryl methyl sites for hydroxylation is 1. The molecular weight excluding hydrogens is 383 g/mol. The summed E-state index contributed by atoms with van der Waals surface area (Å²) in [5.74, 6) is -0.719. The SMILES string of the molecule is CCOC(=O)Cn1c2c(c(=O)n1-c1ccc(CC)cc1F)C1CCC(C)(C)[C@@]2(C)C1. The molecule has 1 aromatic carbocycles. The van der Waals surface area contributed by atoms with Crippen LogP contribution in [0.15, 0.2) is 23.0 Å². The van der Waals surface area contributed by atoms with E-state index >= 15 is 4.39 Å². The number of rotatable bonds is 5. The van der Waals surface area contributed by atoms with E-state index in [0.29, 0.717) is 6.42 Å². The minimum Gasteiger partial charge on any atom is -0.465 e. The van der Waals surface area contributed by atoms with Gasteiger partial charge in [-0.2, -0.15) is 0 Å². The summed E-state index contributed by atoms with van der Waals surface area (Å²) < 4.78 is 23.4. The van der Waals surface area contributed by atoms with Gasteiger partial charge in [0.2, 0.25) is 0 Å². The number of hydrogen-bond acceptors (Lipinski definition) is 3. The predicted octanol–water partition coefficient (Wildman–Crippen LogP) is 4.47. The maximum absolute atomic E-state index is 15.1. The van der Waals surface area contributed by atoms with Crippen molar-refractivity contribution in [2.75, 3.05) is 6.61 Å². The maximum atomic E-state index is 15.1. The molecule has 2 bridgehead atoms. The van der Waals surface area contributed by atoms with Gasteiger partial charge in [-0.1, -0.05) is 33.8 Å². The zero-order valence-corrected chi connectivity index (χ0v) is 18.5. The summed E-state index contributed by atoms with van der Waals surface area (Å²) in [5, 5.41) is 0. The predicted molar refractivity (Wildman–Crippen MR) is 114 cm³/mol. The molecule has 1 fully saturated rings. The monoisotopic (exact) mass is 414 g/mol. The highest BCUT2D eigenvalue weighted by Crippen LogP contribution is 2.61. The summed E-state index contributed by atoms with van der Waals surface area (Å²) in [7, 11) is 0. The van der Waals surface area contributed by atoms with Gasteiger partial charge >= 0.3 is 5.97 Å². The van der Waals surface area contributed by atoms with E-state index in [2.05, 4.69) is 20.8 Å². The van der Waals surface area contributed by atoms with Crippen molar-refractivity contribution >= 4 is 5.97 Å². The van der Waals surface area contributed by atoms with Crippen LogP contribution >= 0.6 is 0 Å². The Hall–Kier alpha value is -2.37. The van der Waals surface area contributed by atoms with E-state index in [9.17, 15) is 9.59 Å². The second-order valence-corrected chi connectivity index (χ2v) is 9.54. The van der Waals surface area contributed by atoms with Gasteiger partial charge in [0, 0.05) is 11.0 Å². The Labute approximate surface area is 176 Å². The van der Waals surface area contributed by atoms with Gasteiger partial charge < -0.3 is 4.74 Å². The number of benzene rings is 1. The molecule has 2 aromatic rings. The third-order valence-corrected chi connectivity index (χ3v) is 7.61. The van der Waals surface area contributed by atoms with Gasteiger partial charge in [-0.3, -0.25) is 14.3 Å². The molecule has 0 saturated heterocycles. The molecule has 1 unspecified atom stereocenters. The molecule has 2 atom stereocenters. The fourth-order valence-electron chi connectivity index (χ4n) is 5.52. The number of nitrogens with zero attached hydrogens (tertiary/aromatic N) is 2. The van der Waals surface area contributed by atoms with Crippen molar-refractivity contribution in [1.29, 1.82) is 0 Å². The number of carbonyl (C=O) groups is 1. The highest BCUT2D eigenvalue weighted by atomic mass is 19.1. The fourth-order valence-corrected chi connectivity index (χ4v) is 5.52. The van der Waals surface area contributed by atoms with Gasteiger partial charge in [0.15, 0.2) is 0 Å². The van der Waals surface area contributed by atoms with Crippen LogP contribution in [0, 0.1) is 11.2 Å². The van der Waals surface area contributed by atoms with Crippen LogP contribution in [0.5, 0.6) is 0 Å². The Morgan fingerprint density at radius 2 is 2.00 bits per heavy atom. The number of carbonyl (C=O) groups excluding carboxylic acids is 1. The van der Waals surface area contributed by atoms with E-state index in [0.717, 1.165) is 36.1 Å². The lowest BCUT2D eigenvalue weighted by Crippen LogP contribution is -2.43. The van der Waals surface area contributed by atoms with Crippen LogP contribution in [-0.2, 0) is 27.9 Å². The average molecular weight is 415 g/mol. The number of fused-ring (bicyclic) bond motifs is 5. The third kappa shape index (κ3) is 2.87. The second-order valence-electron chi connectivity index (χ2n) is 9.54. The molecule has 5 nitrogen and oxygen atoms in total. The minimum absolute atomic E-state index is 0.0333. The number of halogens is 1. The van der Waals surface area contributed by atoms with Gasteiger partial charge in [-0.25, -0.2) is 9.07 Å². The van der Waals surface area contributed by atoms with Crippen molar-refractivity contribution in [3.8, 4) is 5.69 Å². The van der Waals surface area contributed by atoms with Gasteiger partial charge in [0.1, 0.15) is 18.0 Å². The molecule has 4 rings (SSSR count). The molecule has 6 heteroatoms. The van der Waals surface area contributed by atoms with Gasteiger partial charge in [-0.05, 0) is 61.6 Å². The van der Waals surface area contributed by atoms with E-state index in [1.54, 1.807) is 17.7 Å². The van der Waals surface area contributed by atoms with Crippen molar-refractivity contribution in [2.45, 2.75) is 78.2 Å². The second kappa shape index (κ2) is 7.10. The lowest BCUT2D eigenvalue weighted by molar-refractivity contribution is -0.144. The zero-order valence-electron chi connectivity index (χ0n) is 18.5. The average Bonchev–Trinajstić information content (AvgIpc) is 3.12. The van der Waals surface area contributed by atoms with Gasteiger partial charge in [-0.15, -0.1) is 0 Å². The Morgan fingerprint density at radius 3 is 2.63 bits per heavy atom. The van der Waals surface area contributed by atoms with Gasteiger partial charge in [0.05, 0.1) is 12.3 Å². The number of ether oxygens (including phenoxy) is 1. The summed E-state index contributed by atoms with van der Waals surface area (Å²) in [6, 6.07) is 4.96. The Balaban J connectivity index is 1.99. The first-order valence-corrected chi connectivity index (χ1v) is 10.9. The van der Waals surface area contributed by atoms with E-state index in [1.807, 2.05) is 13.0 Å². The largest absolute Gasteiger partial charge is 0.465 e. The molecular formula is C24H31FN2O3. The Kier molecular flexibility index (Phi) is 4.94. The lowest BCUT2D eigenvalue weighted by Gasteiger charge is -2.46. The van der Waals surface area contributed by atoms with Crippen LogP contribution in [0.4, 0.5) is 4.39 Å².